The van der Waals surface area contributed by atoms with Gasteiger partial charge in [0.05, 0.1) is 39.3 Å². The minimum Gasteiger partial charge on any atom is -0.335 e. The molecule has 2 aromatic carbocycles. The Morgan fingerprint density at radius 1 is 0.952 bits per heavy atom. The summed E-state index contributed by atoms with van der Waals surface area (Å²) in [6.45, 7) is 9.78. The molecule has 222 valence electrons. The fourth-order valence-corrected chi connectivity index (χ4v) is 8.13. The van der Waals surface area contributed by atoms with Gasteiger partial charge in [0, 0.05) is 24.1 Å². The summed E-state index contributed by atoms with van der Waals surface area (Å²) in [5.74, 6) is 0.656. The highest BCUT2D eigenvalue weighted by molar-refractivity contribution is 8.03. The van der Waals surface area contributed by atoms with E-state index in [9.17, 15) is 26.4 Å². The molecule has 0 fully saturated rings. The third-order valence-corrected chi connectivity index (χ3v) is 10.9. The molecular formula is C29H30F3N4O3S3+. The number of anilines is 1. The minimum absolute atomic E-state index is 0.130. The molecule has 0 radical (unpaired) electrons. The molecule has 42 heavy (non-hydrogen) atoms. The van der Waals surface area contributed by atoms with Gasteiger partial charge in [0.2, 0.25) is 0 Å². The number of imidazole rings is 1. The van der Waals surface area contributed by atoms with E-state index in [1.165, 1.54) is 17.4 Å². The molecule has 0 aliphatic carbocycles. The summed E-state index contributed by atoms with van der Waals surface area (Å²) >= 11 is 2.99. The number of hydrogen-bond acceptors (Lipinski definition) is 6. The number of rotatable bonds is 7. The van der Waals surface area contributed by atoms with Crippen molar-refractivity contribution in [2.24, 2.45) is 0 Å². The first-order valence-corrected chi connectivity index (χ1v) is 16.6. The van der Waals surface area contributed by atoms with Crippen LogP contribution in [0.25, 0.3) is 23.2 Å². The van der Waals surface area contributed by atoms with Crippen molar-refractivity contribution < 1.29 is 26.2 Å². The highest BCUT2D eigenvalue weighted by atomic mass is 32.2. The molecule has 7 nitrogen and oxygen atoms in total. The topological polar surface area (TPSA) is 68.2 Å². The molecule has 0 atom stereocenters. The number of hydrogen-bond donors (Lipinski definition) is 0. The quantitative estimate of drug-likeness (QED) is 0.278. The first-order chi connectivity index (χ1) is 20.0. The van der Waals surface area contributed by atoms with Crippen LogP contribution in [0.1, 0.15) is 33.5 Å². The maximum absolute atomic E-state index is 13.4. The van der Waals surface area contributed by atoms with Crippen LogP contribution in [0.15, 0.2) is 68.2 Å². The van der Waals surface area contributed by atoms with Crippen molar-refractivity contribution in [2.75, 3.05) is 11.4 Å². The molecule has 0 bridgehead atoms. The first kappa shape index (κ1) is 30.2. The zero-order chi connectivity index (χ0) is 30.4. The van der Waals surface area contributed by atoms with Gasteiger partial charge in [0.15, 0.2) is 11.0 Å². The van der Waals surface area contributed by atoms with Gasteiger partial charge in [-0.25, -0.2) is 17.6 Å². The Kier molecular flexibility index (Phi) is 8.20. The summed E-state index contributed by atoms with van der Waals surface area (Å²) in [5, 5.41) is 1.03. The van der Waals surface area contributed by atoms with Crippen LogP contribution in [0.3, 0.4) is 0 Å². The Morgan fingerprint density at radius 2 is 1.67 bits per heavy atom. The molecule has 0 saturated heterocycles. The summed E-state index contributed by atoms with van der Waals surface area (Å²) in [6, 6.07) is 11.6. The summed E-state index contributed by atoms with van der Waals surface area (Å²) in [5.41, 5.74) is -3.42. The second-order valence-electron chi connectivity index (χ2n) is 9.43. The normalized spacial score (nSPS) is 15.9. The molecule has 1 aliphatic heterocycles. The number of allylic oxidation sites excluding steroid dienone is 1. The fourth-order valence-electron chi connectivity index (χ4n) is 5.18. The van der Waals surface area contributed by atoms with Crippen LogP contribution in [0.5, 0.6) is 0 Å². The lowest BCUT2D eigenvalue weighted by atomic mass is 10.3. The van der Waals surface area contributed by atoms with E-state index >= 15 is 0 Å². The molecule has 1 aliphatic rings. The van der Waals surface area contributed by atoms with Crippen molar-refractivity contribution in [3.8, 4) is 0 Å². The van der Waals surface area contributed by atoms with Crippen molar-refractivity contribution in [2.45, 2.75) is 62.6 Å². The van der Waals surface area contributed by atoms with Crippen LogP contribution < -0.4 is 24.2 Å². The van der Waals surface area contributed by atoms with Crippen molar-refractivity contribution >= 4 is 61.8 Å². The van der Waals surface area contributed by atoms with Crippen LogP contribution in [0, 0.1) is 0 Å². The predicted molar refractivity (Wildman–Crippen MR) is 162 cm³/mol. The van der Waals surface area contributed by atoms with E-state index in [4.69, 9.17) is 0 Å². The van der Waals surface area contributed by atoms with Crippen molar-refractivity contribution in [1.29, 1.82) is 0 Å². The number of aromatic nitrogens is 3. The fraction of sp³-hybridized carbons (Fsp3) is 0.310. The van der Waals surface area contributed by atoms with E-state index in [-0.39, 0.29) is 5.56 Å². The van der Waals surface area contributed by atoms with E-state index < -0.39 is 20.2 Å². The van der Waals surface area contributed by atoms with E-state index in [1.807, 2.05) is 55.7 Å². The van der Waals surface area contributed by atoms with E-state index in [0.29, 0.717) is 45.7 Å². The van der Waals surface area contributed by atoms with Gasteiger partial charge in [0.1, 0.15) is 4.66 Å². The number of thioether (sulfide) groups is 1. The Balaban J connectivity index is 1.67. The third-order valence-electron chi connectivity index (χ3n) is 7.16. The number of thiazole rings is 1. The molecule has 5 rings (SSSR count). The zero-order valence-electron chi connectivity index (χ0n) is 23.5. The summed E-state index contributed by atoms with van der Waals surface area (Å²) in [7, 11) is -5.50. The second-order valence-corrected chi connectivity index (χ2v) is 13.5. The molecular weight excluding hydrogens is 606 g/mol. The number of alkyl halides is 3. The van der Waals surface area contributed by atoms with Gasteiger partial charge in [-0.05, 0) is 64.1 Å². The monoisotopic (exact) mass is 635 g/mol. The van der Waals surface area contributed by atoms with Crippen LogP contribution in [0.2, 0.25) is 0 Å². The van der Waals surface area contributed by atoms with Gasteiger partial charge < -0.3 is 4.90 Å². The Labute approximate surface area is 249 Å². The highest BCUT2D eigenvalue weighted by Crippen LogP contribution is 2.45. The number of fused-ring (bicyclic) bond motifs is 2. The number of para-hydroxylation sites is 1. The van der Waals surface area contributed by atoms with Crippen LogP contribution in [0.4, 0.5) is 18.9 Å². The van der Waals surface area contributed by atoms with E-state index in [0.717, 1.165) is 34.3 Å². The number of nitrogens with zero attached hydrogens (tertiary/aromatic N) is 4. The van der Waals surface area contributed by atoms with Crippen molar-refractivity contribution in [3.05, 3.63) is 78.9 Å². The molecule has 2 aromatic heterocycles. The van der Waals surface area contributed by atoms with Crippen molar-refractivity contribution in [3.63, 3.8) is 0 Å². The number of sulfone groups is 1. The molecule has 3 heterocycles. The van der Waals surface area contributed by atoms with E-state index in [2.05, 4.69) is 24.0 Å². The largest absolute Gasteiger partial charge is 0.501 e. The molecule has 13 heteroatoms. The molecule has 4 aromatic rings. The Hall–Kier alpha value is -3.29. The zero-order valence-corrected chi connectivity index (χ0v) is 25.9. The van der Waals surface area contributed by atoms with Crippen LogP contribution in [-0.4, -0.2) is 29.6 Å². The summed E-state index contributed by atoms with van der Waals surface area (Å²) in [6.07, 6.45) is 5.65. The van der Waals surface area contributed by atoms with Gasteiger partial charge in [0.25, 0.3) is 21.2 Å². The average molecular weight is 636 g/mol. The summed E-state index contributed by atoms with van der Waals surface area (Å²) in [4.78, 5) is 16.0. The Bertz CT molecular complexity index is 2000. The Morgan fingerprint density at radius 3 is 2.31 bits per heavy atom. The van der Waals surface area contributed by atoms with Crippen molar-refractivity contribution in [1.82, 2.24) is 9.13 Å². The summed E-state index contributed by atoms with van der Waals surface area (Å²) < 4.78 is 70.7. The number of benzene rings is 2. The SMILES string of the molecule is CCN1/C(=C/C=c2/s/c(=C\c3n(CC)c4ccc(S(=O)(=O)C(F)(F)F)cc4[n+]3CC)n(CC)c2=O)Sc2ccccc21. The average Bonchev–Trinajstić information content (AvgIpc) is 3.58. The standard InChI is InChI=1S/C29H30F3N4O3S3/c1-5-33-20-14-13-19(42(38,39)29(30,31)32)17-22(20)34(6-2)25(33)18-27-36(8-4)28(37)24(41-27)15-16-26-35(7-3)21-11-9-10-12-23(21)40-26/h9-18H,5-8H2,1-4H3/q+1/b24-15+,26-16-. The van der Waals surface area contributed by atoms with Gasteiger partial charge in [-0.1, -0.05) is 23.9 Å². The lowest BCUT2D eigenvalue weighted by Crippen LogP contribution is -2.37. The molecule has 0 spiro atoms. The smallest absolute Gasteiger partial charge is 0.335 e. The maximum Gasteiger partial charge on any atom is 0.501 e. The van der Waals surface area contributed by atoms with Gasteiger partial charge in [-0.15, -0.1) is 11.3 Å². The first-order valence-electron chi connectivity index (χ1n) is 13.5. The molecule has 0 unspecified atom stereocenters. The van der Waals surface area contributed by atoms with Gasteiger partial charge in [-0.3, -0.25) is 9.36 Å². The molecule has 0 amide bonds. The van der Waals surface area contributed by atoms with Gasteiger partial charge >= 0.3 is 5.51 Å². The highest BCUT2D eigenvalue weighted by Gasteiger charge is 2.47. The minimum atomic E-state index is -5.50. The molecule has 0 saturated carbocycles. The predicted octanol–water partition coefficient (Wildman–Crippen LogP) is 4.59. The number of halogens is 3. The second kappa shape index (κ2) is 11.4. The maximum atomic E-state index is 13.4. The van der Waals surface area contributed by atoms with E-state index in [1.54, 1.807) is 20.9 Å². The lowest BCUT2D eigenvalue weighted by molar-refractivity contribution is -0.670. The lowest BCUT2D eigenvalue weighted by Gasteiger charge is -2.17. The van der Waals surface area contributed by atoms with Crippen LogP contribution >= 0.6 is 23.1 Å². The third kappa shape index (κ3) is 5.01. The number of aryl methyl sites for hydroxylation is 2. The van der Waals surface area contributed by atoms with Crippen LogP contribution in [-0.2, 0) is 29.5 Å². The molecule has 0 N–H and O–H groups in total. The van der Waals surface area contributed by atoms with Gasteiger partial charge in [-0.2, -0.15) is 13.2 Å².